The van der Waals surface area contributed by atoms with Crippen molar-refractivity contribution in [3.8, 4) is 5.75 Å². The molecule has 36 heavy (non-hydrogen) atoms. The van der Waals surface area contributed by atoms with Crippen LogP contribution in [0.25, 0.3) is 0 Å². The van der Waals surface area contributed by atoms with E-state index in [0.29, 0.717) is 29.2 Å². The lowest BCUT2D eigenvalue weighted by molar-refractivity contribution is -0.156. The summed E-state index contributed by atoms with van der Waals surface area (Å²) in [4.78, 5) is 54.4. The summed E-state index contributed by atoms with van der Waals surface area (Å²) in [5.74, 6) is -2.88. The molecular weight excluding hydrogens is 639 g/mol. The molecule has 0 unspecified atom stereocenters. The zero-order valence-electron chi connectivity index (χ0n) is 19.3. The van der Waals surface area contributed by atoms with Gasteiger partial charge >= 0.3 is 0 Å². The van der Waals surface area contributed by atoms with E-state index in [1.807, 2.05) is 0 Å². The molecule has 2 aromatic carbocycles. The maximum absolute atomic E-state index is 13.8. The number of hydrogen-bond acceptors (Lipinski definition) is 5. The van der Waals surface area contributed by atoms with Crippen LogP contribution in [0.2, 0.25) is 10.0 Å². The molecule has 2 fully saturated rings. The van der Waals surface area contributed by atoms with Crippen LogP contribution in [0.5, 0.6) is 5.75 Å². The first-order valence-electron chi connectivity index (χ1n) is 11.2. The Morgan fingerprint density at radius 2 is 1.56 bits per heavy atom. The first kappa shape index (κ1) is 27.1. The van der Waals surface area contributed by atoms with E-state index in [1.165, 1.54) is 32.2 Å². The summed E-state index contributed by atoms with van der Waals surface area (Å²) in [5.41, 5.74) is 0.309. The maximum atomic E-state index is 13.8. The van der Waals surface area contributed by atoms with Crippen molar-refractivity contribution in [1.82, 2.24) is 10.0 Å². The zero-order chi connectivity index (χ0) is 26.3. The van der Waals surface area contributed by atoms with E-state index in [9.17, 15) is 19.2 Å². The number of amides is 3. The van der Waals surface area contributed by atoms with Crippen molar-refractivity contribution < 1.29 is 23.9 Å². The number of rotatable bonds is 6. The number of hydrogen-bond donors (Lipinski definition) is 0. The summed E-state index contributed by atoms with van der Waals surface area (Å²) < 4.78 is 5.15. The lowest BCUT2D eigenvalue weighted by atomic mass is 9.81. The quantitative estimate of drug-likeness (QED) is 0.231. The summed E-state index contributed by atoms with van der Waals surface area (Å²) in [5, 5.41) is 2.15. The molecule has 4 rings (SSSR count). The molecule has 2 aromatic rings. The summed E-state index contributed by atoms with van der Waals surface area (Å²) in [6.45, 7) is 1.48. The monoisotopic (exact) mass is 658 g/mol. The number of carbonyl (C=O) groups excluding carboxylic acids is 4. The van der Waals surface area contributed by atoms with Crippen molar-refractivity contribution in [3.05, 3.63) is 63.6 Å². The van der Waals surface area contributed by atoms with Crippen LogP contribution in [-0.4, -0.2) is 56.3 Å². The lowest BCUT2D eigenvalue weighted by Gasteiger charge is -2.35. The Hall–Kier alpha value is -1.94. The smallest absolute Gasteiger partial charge is 0.275 e. The standard InChI is InChI=1S/C25H22Br2Cl2N2O5/c1-12(22(32)13-3-6-15(36-2)7-4-13)30(23(33)16-8-5-14(28)9-21(16)29)31-24(34)17-10-19(26)20(27)11-18(17)25(31)35/h3-9,12,17-20H,10-11H2,1-2H3/t12-,17-,18+,19-,20-/m0/s1. The average molecular weight is 661 g/mol. The molecule has 5 atom stereocenters. The number of methoxy groups -OCH3 is 1. The molecule has 1 heterocycles. The molecule has 0 aromatic heterocycles. The highest BCUT2D eigenvalue weighted by atomic mass is 79.9. The van der Waals surface area contributed by atoms with Gasteiger partial charge in [-0.1, -0.05) is 55.1 Å². The van der Waals surface area contributed by atoms with E-state index < -0.39 is 41.4 Å². The van der Waals surface area contributed by atoms with E-state index in [1.54, 1.807) is 24.3 Å². The summed E-state index contributed by atoms with van der Waals surface area (Å²) in [6, 6.07) is 9.46. The first-order chi connectivity index (χ1) is 17.0. The molecule has 3 amide bonds. The van der Waals surface area contributed by atoms with Crippen molar-refractivity contribution in [2.75, 3.05) is 7.11 Å². The Balaban J connectivity index is 1.76. The van der Waals surface area contributed by atoms with Crippen molar-refractivity contribution in [1.29, 1.82) is 0 Å². The van der Waals surface area contributed by atoms with Gasteiger partial charge in [-0.3, -0.25) is 19.2 Å². The largest absolute Gasteiger partial charge is 0.497 e. The number of ketones is 1. The second kappa shape index (κ2) is 10.8. The predicted molar refractivity (Wildman–Crippen MR) is 143 cm³/mol. The number of alkyl halides is 2. The molecular formula is C25H22Br2Cl2N2O5. The van der Waals surface area contributed by atoms with Gasteiger partial charge in [-0.15, -0.1) is 0 Å². The maximum Gasteiger partial charge on any atom is 0.275 e. The van der Waals surface area contributed by atoms with Crippen LogP contribution in [0.15, 0.2) is 42.5 Å². The molecule has 0 spiro atoms. The molecule has 0 bridgehead atoms. The van der Waals surface area contributed by atoms with Crippen LogP contribution in [0, 0.1) is 11.8 Å². The highest BCUT2D eigenvalue weighted by molar-refractivity contribution is 9.12. The third-order valence-corrected chi connectivity index (χ3v) is 9.88. The van der Waals surface area contributed by atoms with Gasteiger partial charge in [-0.25, -0.2) is 5.01 Å². The van der Waals surface area contributed by atoms with Gasteiger partial charge in [-0.2, -0.15) is 5.01 Å². The van der Waals surface area contributed by atoms with E-state index in [2.05, 4.69) is 31.9 Å². The Morgan fingerprint density at radius 3 is 2.06 bits per heavy atom. The SMILES string of the molecule is COc1ccc(C(=O)[C@H](C)N(C(=O)c2ccc(Cl)cc2Cl)N2C(=O)[C@H]3C[C@H](Br)[C@@H](Br)C[C@H]3C2=O)cc1. The minimum Gasteiger partial charge on any atom is -0.497 e. The van der Waals surface area contributed by atoms with Gasteiger partial charge in [0, 0.05) is 20.2 Å². The predicted octanol–water partition coefficient (Wildman–Crippen LogP) is 5.55. The summed E-state index contributed by atoms with van der Waals surface area (Å²) >= 11 is 19.4. The van der Waals surface area contributed by atoms with Crippen LogP contribution in [-0.2, 0) is 9.59 Å². The van der Waals surface area contributed by atoms with Crippen LogP contribution >= 0.6 is 55.1 Å². The molecule has 7 nitrogen and oxygen atoms in total. The fraction of sp³-hybridized carbons (Fsp3) is 0.360. The Kier molecular flexibility index (Phi) is 8.14. The highest BCUT2D eigenvalue weighted by Gasteiger charge is 2.55. The summed E-state index contributed by atoms with van der Waals surface area (Å²) in [7, 11) is 1.51. The average Bonchev–Trinajstić information content (AvgIpc) is 3.08. The minimum absolute atomic E-state index is 0.0105. The third kappa shape index (κ3) is 4.95. The van der Waals surface area contributed by atoms with Crippen molar-refractivity contribution >= 4 is 78.6 Å². The van der Waals surface area contributed by atoms with Gasteiger partial charge < -0.3 is 4.74 Å². The molecule has 1 saturated heterocycles. The number of carbonyl (C=O) groups is 4. The third-order valence-electron chi connectivity index (χ3n) is 6.59. The van der Waals surface area contributed by atoms with E-state index in [4.69, 9.17) is 27.9 Å². The Labute approximate surface area is 235 Å². The van der Waals surface area contributed by atoms with Crippen molar-refractivity contribution in [2.24, 2.45) is 11.8 Å². The van der Waals surface area contributed by atoms with E-state index >= 15 is 0 Å². The molecule has 1 aliphatic heterocycles. The molecule has 0 N–H and O–H groups in total. The van der Waals surface area contributed by atoms with E-state index in [-0.39, 0.29) is 20.2 Å². The number of Topliss-reactive ketones (excluding diaryl/α,β-unsaturated/α-hetero) is 1. The molecule has 190 valence electrons. The first-order valence-corrected chi connectivity index (χ1v) is 13.8. The molecule has 11 heteroatoms. The number of ether oxygens (including phenoxy) is 1. The highest BCUT2D eigenvalue weighted by Crippen LogP contribution is 2.44. The van der Waals surface area contributed by atoms with Gasteiger partial charge in [0.2, 0.25) is 0 Å². The molecule has 1 saturated carbocycles. The van der Waals surface area contributed by atoms with Crippen LogP contribution in [0.1, 0.15) is 40.5 Å². The van der Waals surface area contributed by atoms with Crippen LogP contribution < -0.4 is 4.74 Å². The fourth-order valence-electron chi connectivity index (χ4n) is 4.62. The van der Waals surface area contributed by atoms with Crippen molar-refractivity contribution in [3.63, 3.8) is 0 Å². The number of imide groups is 1. The number of hydrazine groups is 1. The van der Waals surface area contributed by atoms with E-state index in [0.717, 1.165) is 10.0 Å². The van der Waals surface area contributed by atoms with Crippen LogP contribution in [0.4, 0.5) is 0 Å². The second-order valence-corrected chi connectivity index (χ2v) is 11.9. The minimum atomic E-state index is -1.19. The number of fused-ring (bicyclic) bond motifs is 1. The number of benzene rings is 2. The number of nitrogens with zero attached hydrogens (tertiary/aromatic N) is 2. The Morgan fingerprint density at radius 1 is 1.00 bits per heavy atom. The Bertz CT molecular complexity index is 1200. The van der Waals surface area contributed by atoms with Crippen molar-refractivity contribution in [2.45, 2.75) is 35.5 Å². The van der Waals surface area contributed by atoms with Gasteiger partial charge in [0.1, 0.15) is 11.8 Å². The molecule has 0 radical (unpaired) electrons. The number of halogens is 4. The summed E-state index contributed by atoms with van der Waals surface area (Å²) in [6.07, 6.45) is 0.846. The normalized spacial score (nSPS) is 24.3. The molecule has 2 aliphatic rings. The lowest BCUT2D eigenvalue weighted by Crippen LogP contribution is -2.56. The van der Waals surface area contributed by atoms with Gasteiger partial charge in [0.15, 0.2) is 5.78 Å². The second-order valence-electron chi connectivity index (χ2n) is 8.75. The van der Waals surface area contributed by atoms with Gasteiger partial charge in [-0.05, 0) is 62.2 Å². The topological polar surface area (TPSA) is 84.0 Å². The fourth-order valence-corrected chi connectivity index (χ4v) is 6.35. The molecule has 1 aliphatic carbocycles. The van der Waals surface area contributed by atoms with Crippen LogP contribution in [0.3, 0.4) is 0 Å². The van der Waals surface area contributed by atoms with Gasteiger partial charge in [0.25, 0.3) is 17.7 Å². The zero-order valence-corrected chi connectivity index (χ0v) is 24.0. The van der Waals surface area contributed by atoms with Gasteiger partial charge in [0.05, 0.1) is 29.5 Å².